The summed E-state index contributed by atoms with van der Waals surface area (Å²) in [5, 5.41) is 3.07. The molecule has 2 aromatic rings. The predicted molar refractivity (Wildman–Crippen MR) is 75.6 cm³/mol. The van der Waals surface area contributed by atoms with Crippen LogP contribution in [0.5, 0.6) is 0 Å². The van der Waals surface area contributed by atoms with Crippen LogP contribution in [0, 0.1) is 6.92 Å². The lowest BCUT2D eigenvalue weighted by molar-refractivity contribution is 0.102. The molecule has 1 aromatic heterocycles. The number of aryl methyl sites for hydroxylation is 1. The molecule has 0 radical (unpaired) electrons. The van der Waals surface area contributed by atoms with Crippen LogP contribution >= 0.6 is 23.2 Å². The Hall–Kier alpha value is -1.85. The van der Waals surface area contributed by atoms with E-state index in [4.69, 9.17) is 28.9 Å². The molecule has 5 nitrogen and oxygen atoms in total. The van der Waals surface area contributed by atoms with Crippen molar-refractivity contribution in [2.45, 2.75) is 6.92 Å². The Bertz CT molecular complexity index is 625. The van der Waals surface area contributed by atoms with Gasteiger partial charge in [-0.2, -0.15) is 0 Å². The number of benzene rings is 1. The fourth-order valence-corrected chi connectivity index (χ4v) is 1.91. The number of nitrogen functional groups attached to an aromatic ring is 1. The van der Waals surface area contributed by atoms with Gasteiger partial charge in [0, 0.05) is 11.4 Å². The SMILES string of the molecule is Cc1cc(Cl)nc(NC(=O)c2cc(N)ccc2Cl)n1. The van der Waals surface area contributed by atoms with Crippen LogP contribution in [0.15, 0.2) is 24.3 Å². The van der Waals surface area contributed by atoms with Gasteiger partial charge in [0.05, 0.1) is 10.6 Å². The third-order valence-corrected chi connectivity index (χ3v) is 2.81. The van der Waals surface area contributed by atoms with Crippen LogP contribution in [0.3, 0.4) is 0 Å². The summed E-state index contributed by atoms with van der Waals surface area (Å²) in [6.45, 7) is 1.75. The number of carbonyl (C=O) groups is 1. The van der Waals surface area contributed by atoms with Crippen LogP contribution < -0.4 is 11.1 Å². The zero-order valence-electron chi connectivity index (χ0n) is 9.95. The molecule has 0 saturated carbocycles. The van der Waals surface area contributed by atoms with Crippen molar-refractivity contribution in [3.05, 3.63) is 45.7 Å². The Morgan fingerprint density at radius 2 is 2.00 bits per heavy atom. The summed E-state index contributed by atoms with van der Waals surface area (Å²) >= 11 is 11.7. The van der Waals surface area contributed by atoms with Crippen LogP contribution in [0.1, 0.15) is 16.1 Å². The first-order chi connectivity index (χ1) is 8.95. The Kier molecular flexibility index (Phi) is 3.87. The van der Waals surface area contributed by atoms with Crippen LogP contribution in [-0.2, 0) is 0 Å². The Morgan fingerprint density at radius 1 is 1.26 bits per heavy atom. The van der Waals surface area contributed by atoms with Gasteiger partial charge in [-0.3, -0.25) is 10.1 Å². The number of hydrogen-bond acceptors (Lipinski definition) is 4. The van der Waals surface area contributed by atoms with Crippen molar-refractivity contribution in [2.24, 2.45) is 0 Å². The zero-order valence-corrected chi connectivity index (χ0v) is 11.5. The summed E-state index contributed by atoms with van der Waals surface area (Å²) in [6.07, 6.45) is 0. The van der Waals surface area contributed by atoms with Crippen molar-refractivity contribution in [1.82, 2.24) is 9.97 Å². The van der Waals surface area contributed by atoms with E-state index >= 15 is 0 Å². The van der Waals surface area contributed by atoms with Crippen LogP contribution in [0.4, 0.5) is 11.6 Å². The second-order valence-electron chi connectivity index (χ2n) is 3.85. The molecule has 1 aromatic carbocycles. The van der Waals surface area contributed by atoms with Crippen molar-refractivity contribution < 1.29 is 4.79 Å². The normalized spacial score (nSPS) is 10.3. The van der Waals surface area contributed by atoms with Crippen molar-refractivity contribution >= 4 is 40.7 Å². The highest BCUT2D eigenvalue weighted by molar-refractivity contribution is 6.34. The molecule has 98 valence electrons. The van der Waals surface area contributed by atoms with Gasteiger partial charge < -0.3 is 5.73 Å². The van der Waals surface area contributed by atoms with Crippen LogP contribution in [0.2, 0.25) is 10.2 Å². The number of anilines is 2. The van der Waals surface area contributed by atoms with Gasteiger partial charge in [-0.25, -0.2) is 9.97 Å². The quantitative estimate of drug-likeness (QED) is 0.659. The number of amides is 1. The van der Waals surface area contributed by atoms with E-state index in [1.165, 1.54) is 6.07 Å². The Morgan fingerprint density at radius 3 is 2.68 bits per heavy atom. The van der Waals surface area contributed by atoms with E-state index in [1.807, 2.05) is 0 Å². The molecule has 0 aliphatic rings. The smallest absolute Gasteiger partial charge is 0.259 e. The molecule has 7 heteroatoms. The number of rotatable bonds is 2. The number of carbonyl (C=O) groups excluding carboxylic acids is 1. The number of nitrogens with zero attached hydrogens (tertiary/aromatic N) is 2. The largest absolute Gasteiger partial charge is 0.399 e. The molecule has 0 spiro atoms. The van der Waals surface area contributed by atoms with Gasteiger partial charge >= 0.3 is 0 Å². The fraction of sp³-hybridized carbons (Fsp3) is 0.0833. The van der Waals surface area contributed by atoms with E-state index in [0.717, 1.165) is 0 Å². The first kappa shape index (κ1) is 13.6. The fourth-order valence-electron chi connectivity index (χ4n) is 1.47. The van der Waals surface area contributed by atoms with E-state index in [0.29, 0.717) is 16.4 Å². The number of aromatic nitrogens is 2. The topological polar surface area (TPSA) is 80.9 Å². The lowest BCUT2D eigenvalue weighted by Crippen LogP contribution is -2.15. The predicted octanol–water partition coefficient (Wildman–Crippen LogP) is 2.93. The maximum absolute atomic E-state index is 12.0. The summed E-state index contributed by atoms with van der Waals surface area (Å²) in [4.78, 5) is 20.0. The van der Waals surface area contributed by atoms with E-state index in [-0.39, 0.29) is 16.7 Å². The van der Waals surface area contributed by atoms with E-state index < -0.39 is 5.91 Å². The molecule has 0 aliphatic carbocycles. The average molecular weight is 297 g/mol. The van der Waals surface area contributed by atoms with Gasteiger partial charge in [-0.15, -0.1) is 0 Å². The molecule has 0 unspecified atom stereocenters. The Labute approximate surface area is 119 Å². The molecule has 3 N–H and O–H groups in total. The highest BCUT2D eigenvalue weighted by atomic mass is 35.5. The molecular weight excluding hydrogens is 287 g/mol. The average Bonchev–Trinajstić information content (AvgIpc) is 2.30. The van der Waals surface area contributed by atoms with E-state index in [9.17, 15) is 4.79 Å². The number of nitrogens with one attached hydrogen (secondary N) is 1. The van der Waals surface area contributed by atoms with E-state index in [2.05, 4.69) is 15.3 Å². The molecule has 0 fully saturated rings. The standard InChI is InChI=1S/C12H10Cl2N4O/c1-6-4-10(14)17-12(16-6)18-11(19)8-5-7(15)2-3-9(8)13/h2-5H,15H2,1H3,(H,16,17,18,19). The molecule has 1 amide bonds. The van der Waals surface area contributed by atoms with Crippen molar-refractivity contribution in [2.75, 3.05) is 11.1 Å². The van der Waals surface area contributed by atoms with Gasteiger partial charge in [0.1, 0.15) is 5.15 Å². The molecule has 0 bridgehead atoms. The van der Waals surface area contributed by atoms with Gasteiger partial charge in [-0.05, 0) is 31.2 Å². The molecule has 0 aliphatic heterocycles. The molecule has 0 atom stereocenters. The van der Waals surface area contributed by atoms with Crippen molar-refractivity contribution in [3.8, 4) is 0 Å². The molecule has 2 rings (SSSR count). The van der Waals surface area contributed by atoms with Crippen molar-refractivity contribution in [1.29, 1.82) is 0 Å². The third-order valence-electron chi connectivity index (χ3n) is 2.28. The summed E-state index contributed by atoms with van der Waals surface area (Å²) < 4.78 is 0. The Balaban J connectivity index is 2.28. The van der Waals surface area contributed by atoms with Crippen molar-refractivity contribution in [3.63, 3.8) is 0 Å². The molecular formula is C12H10Cl2N4O. The van der Waals surface area contributed by atoms with Gasteiger partial charge in [-0.1, -0.05) is 23.2 Å². The van der Waals surface area contributed by atoms with Gasteiger partial charge in [0.2, 0.25) is 5.95 Å². The van der Waals surface area contributed by atoms with Crippen LogP contribution in [0.25, 0.3) is 0 Å². The summed E-state index contributed by atoms with van der Waals surface area (Å²) in [7, 11) is 0. The maximum atomic E-state index is 12.0. The lowest BCUT2D eigenvalue weighted by atomic mass is 10.2. The number of hydrogen-bond donors (Lipinski definition) is 2. The third kappa shape index (κ3) is 3.33. The summed E-state index contributed by atoms with van der Waals surface area (Å²) in [6, 6.07) is 6.23. The highest BCUT2D eigenvalue weighted by Gasteiger charge is 2.12. The first-order valence-corrected chi connectivity index (χ1v) is 6.09. The molecule has 1 heterocycles. The van der Waals surface area contributed by atoms with Crippen LogP contribution in [-0.4, -0.2) is 15.9 Å². The maximum Gasteiger partial charge on any atom is 0.259 e. The number of nitrogens with two attached hydrogens (primary N) is 1. The monoisotopic (exact) mass is 296 g/mol. The minimum atomic E-state index is -0.445. The minimum Gasteiger partial charge on any atom is -0.399 e. The van der Waals surface area contributed by atoms with Gasteiger partial charge in [0.25, 0.3) is 5.91 Å². The molecule has 19 heavy (non-hydrogen) atoms. The second-order valence-corrected chi connectivity index (χ2v) is 4.64. The molecule has 0 saturated heterocycles. The van der Waals surface area contributed by atoms with E-state index in [1.54, 1.807) is 25.1 Å². The summed E-state index contributed by atoms with van der Waals surface area (Å²) in [5.74, 6) is -0.326. The highest BCUT2D eigenvalue weighted by Crippen LogP contribution is 2.20. The first-order valence-electron chi connectivity index (χ1n) is 5.33. The summed E-state index contributed by atoms with van der Waals surface area (Å²) in [5.41, 5.74) is 6.96. The van der Waals surface area contributed by atoms with Gasteiger partial charge in [0.15, 0.2) is 0 Å². The minimum absolute atomic E-state index is 0.119. The lowest BCUT2D eigenvalue weighted by Gasteiger charge is -2.07. The number of halogens is 2. The second kappa shape index (κ2) is 5.42. The zero-order chi connectivity index (χ0) is 14.0.